The Balaban J connectivity index is 0. The lowest BCUT2D eigenvalue weighted by molar-refractivity contribution is 0.114. The molecule has 0 aromatic rings. The van der Waals surface area contributed by atoms with Crippen LogP contribution in [-0.2, 0) is 4.74 Å². The first kappa shape index (κ1) is 14.7. The van der Waals surface area contributed by atoms with Crippen molar-refractivity contribution in [2.45, 2.75) is 38.5 Å². The maximum absolute atomic E-state index is 9.15. The molecule has 0 aliphatic heterocycles. The fraction of sp³-hybridized carbons (Fsp3) is 0.889. The van der Waals surface area contributed by atoms with E-state index < -0.39 is 6.16 Å². The van der Waals surface area contributed by atoms with Crippen LogP contribution in [0.1, 0.15) is 38.5 Å². The number of carbonyl (C=O) groups is 1. The summed E-state index contributed by atoms with van der Waals surface area (Å²) in [5.41, 5.74) is 0. The molecule has 0 spiro atoms. The van der Waals surface area contributed by atoms with E-state index in [1.807, 2.05) is 0 Å². The van der Waals surface area contributed by atoms with Gasteiger partial charge in [-0.05, 0) is 0 Å². The second kappa shape index (κ2) is 13.8. The van der Waals surface area contributed by atoms with Gasteiger partial charge in [0.1, 0.15) is 0 Å². The van der Waals surface area contributed by atoms with Gasteiger partial charge in [0.2, 0.25) is 0 Å². The third-order valence-corrected chi connectivity index (χ3v) is 1.67. The van der Waals surface area contributed by atoms with Crippen LogP contribution < -0.4 is 0 Å². The first-order valence-corrected chi connectivity index (χ1v) is 4.49. The highest BCUT2D eigenvalue weighted by molar-refractivity contribution is 5.56. The summed E-state index contributed by atoms with van der Waals surface area (Å²) in [6, 6.07) is 0. The molecule has 0 atom stereocenters. The average Bonchev–Trinajstić information content (AvgIpc) is 2.24. The van der Waals surface area contributed by atoms with Gasteiger partial charge in [-0.3, -0.25) is 0 Å². The molecule has 0 amide bonds. The molecule has 0 bridgehead atoms. The molecular weight excluding hydrogens is 172 g/mol. The number of aliphatic hydroxyl groups excluding tert-OH is 1. The minimum atomic E-state index is -1.25. The number of ether oxygens (including phenoxy) is 1. The van der Waals surface area contributed by atoms with Gasteiger partial charge in [-0.15, -0.1) is 0 Å². The molecule has 0 heterocycles. The zero-order valence-electron chi connectivity index (χ0n) is 8.45. The lowest BCUT2D eigenvalue weighted by Gasteiger charge is -2.05. The van der Waals surface area contributed by atoms with E-state index in [1.165, 1.54) is 38.5 Å². The van der Waals surface area contributed by atoms with Crippen LogP contribution in [0.4, 0.5) is 4.79 Å². The summed E-state index contributed by atoms with van der Waals surface area (Å²) in [7, 11) is 2.10. The Bertz CT molecular complexity index is 88.3. The summed E-state index contributed by atoms with van der Waals surface area (Å²) in [6.45, 7) is 0. The standard InChI is InChI=1S/C6H12.C2H4O3.CH4O/c1-2-4-6-5-3-1;1-5-2(3)4;1-2/h1-6H2;1H3,(H,3,4);2H,1H3. The molecule has 0 radical (unpaired) electrons. The molecule has 2 N–H and O–H groups in total. The van der Waals surface area contributed by atoms with Gasteiger partial charge in [0, 0.05) is 7.11 Å². The van der Waals surface area contributed by atoms with Crippen LogP contribution >= 0.6 is 0 Å². The monoisotopic (exact) mass is 192 g/mol. The summed E-state index contributed by atoms with van der Waals surface area (Å²) in [6.07, 6.45) is 7.75. The normalized spacial score (nSPS) is 14.1. The summed E-state index contributed by atoms with van der Waals surface area (Å²) < 4.78 is 3.67. The predicted molar refractivity (Wildman–Crippen MR) is 50.9 cm³/mol. The average molecular weight is 192 g/mol. The molecule has 0 aromatic heterocycles. The van der Waals surface area contributed by atoms with E-state index in [0.717, 1.165) is 14.2 Å². The molecule has 1 fully saturated rings. The second-order valence-electron chi connectivity index (χ2n) is 2.59. The van der Waals surface area contributed by atoms with Crippen LogP contribution in [0, 0.1) is 0 Å². The van der Waals surface area contributed by atoms with Gasteiger partial charge in [-0.1, -0.05) is 38.5 Å². The lowest BCUT2D eigenvalue weighted by Crippen LogP contribution is -1.91. The van der Waals surface area contributed by atoms with Gasteiger partial charge >= 0.3 is 6.16 Å². The Morgan fingerprint density at radius 3 is 1.23 bits per heavy atom. The van der Waals surface area contributed by atoms with Crippen LogP contribution in [-0.4, -0.2) is 30.6 Å². The van der Waals surface area contributed by atoms with E-state index >= 15 is 0 Å². The molecular formula is C9H20O4. The van der Waals surface area contributed by atoms with Crippen molar-refractivity contribution in [3.63, 3.8) is 0 Å². The van der Waals surface area contributed by atoms with Gasteiger partial charge in [-0.25, -0.2) is 4.79 Å². The third-order valence-electron chi connectivity index (χ3n) is 1.67. The number of rotatable bonds is 0. The molecule has 80 valence electrons. The maximum Gasteiger partial charge on any atom is 0.505 e. The Morgan fingerprint density at radius 1 is 1.00 bits per heavy atom. The maximum atomic E-state index is 9.15. The van der Waals surface area contributed by atoms with Crippen LogP contribution in [0.2, 0.25) is 0 Å². The summed E-state index contributed by atoms with van der Waals surface area (Å²) in [5.74, 6) is 0. The van der Waals surface area contributed by atoms with E-state index in [2.05, 4.69) is 4.74 Å². The number of aliphatic hydroxyl groups is 1. The Morgan fingerprint density at radius 2 is 1.15 bits per heavy atom. The number of carboxylic acid groups (broad SMARTS) is 1. The van der Waals surface area contributed by atoms with Crippen molar-refractivity contribution < 1.29 is 19.7 Å². The number of hydrogen-bond donors (Lipinski definition) is 2. The summed E-state index contributed by atoms with van der Waals surface area (Å²) >= 11 is 0. The molecule has 13 heavy (non-hydrogen) atoms. The highest BCUT2D eigenvalue weighted by Crippen LogP contribution is 2.15. The van der Waals surface area contributed by atoms with Crippen molar-refractivity contribution in [3.8, 4) is 0 Å². The van der Waals surface area contributed by atoms with Crippen molar-refractivity contribution in [2.24, 2.45) is 0 Å². The molecule has 0 saturated heterocycles. The molecule has 4 heteroatoms. The molecule has 4 nitrogen and oxygen atoms in total. The topological polar surface area (TPSA) is 66.8 Å². The van der Waals surface area contributed by atoms with Crippen LogP contribution in [0.25, 0.3) is 0 Å². The number of methoxy groups -OCH3 is 1. The third kappa shape index (κ3) is 18.3. The molecule has 0 aromatic carbocycles. The first-order chi connectivity index (χ1) is 6.27. The van der Waals surface area contributed by atoms with E-state index in [9.17, 15) is 0 Å². The minimum Gasteiger partial charge on any atom is -0.450 e. The van der Waals surface area contributed by atoms with Crippen LogP contribution in [0.15, 0.2) is 0 Å². The van der Waals surface area contributed by atoms with Gasteiger partial charge in [0.15, 0.2) is 0 Å². The van der Waals surface area contributed by atoms with Crippen molar-refractivity contribution in [1.29, 1.82) is 0 Å². The fourth-order valence-electron chi connectivity index (χ4n) is 1.06. The largest absolute Gasteiger partial charge is 0.505 e. The quantitative estimate of drug-likeness (QED) is 0.578. The number of hydrogen-bond acceptors (Lipinski definition) is 3. The SMILES string of the molecule is C1CCCCC1.CO.COC(=O)O. The fourth-order valence-corrected chi connectivity index (χ4v) is 1.06. The molecule has 0 unspecified atom stereocenters. The lowest BCUT2D eigenvalue weighted by atomic mass is 10.0. The van der Waals surface area contributed by atoms with E-state index in [0.29, 0.717) is 0 Å². The van der Waals surface area contributed by atoms with Crippen LogP contribution in [0.3, 0.4) is 0 Å². The van der Waals surface area contributed by atoms with Crippen molar-refractivity contribution in [1.82, 2.24) is 0 Å². The first-order valence-electron chi connectivity index (χ1n) is 4.49. The van der Waals surface area contributed by atoms with E-state index in [4.69, 9.17) is 15.0 Å². The Labute approximate surface area is 79.5 Å². The summed E-state index contributed by atoms with van der Waals surface area (Å²) in [4.78, 5) is 9.15. The van der Waals surface area contributed by atoms with Crippen molar-refractivity contribution in [3.05, 3.63) is 0 Å². The van der Waals surface area contributed by atoms with E-state index in [1.54, 1.807) is 0 Å². The highest BCUT2D eigenvalue weighted by atomic mass is 16.6. The van der Waals surface area contributed by atoms with E-state index in [-0.39, 0.29) is 0 Å². The van der Waals surface area contributed by atoms with Gasteiger partial charge in [0.25, 0.3) is 0 Å². The van der Waals surface area contributed by atoms with Crippen molar-refractivity contribution in [2.75, 3.05) is 14.2 Å². The zero-order valence-corrected chi connectivity index (χ0v) is 8.45. The Hall–Kier alpha value is -0.770. The van der Waals surface area contributed by atoms with Gasteiger partial charge < -0.3 is 14.9 Å². The molecule has 1 aliphatic rings. The molecule has 1 rings (SSSR count). The predicted octanol–water partition coefficient (Wildman–Crippen LogP) is 2.26. The second-order valence-corrected chi connectivity index (χ2v) is 2.59. The minimum absolute atomic E-state index is 1.00. The highest BCUT2D eigenvalue weighted by Gasteiger charge is 1.95. The zero-order chi connectivity index (χ0) is 10.5. The van der Waals surface area contributed by atoms with Crippen molar-refractivity contribution >= 4 is 6.16 Å². The van der Waals surface area contributed by atoms with Gasteiger partial charge in [-0.2, -0.15) is 0 Å². The summed E-state index contributed by atoms with van der Waals surface area (Å²) in [5, 5.41) is 14.5. The smallest absolute Gasteiger partial charge is 0.450 e. The molecule has 1 saturated carbocycles. The van der Waals surface area contributed by atoms with Crippen LogP contribution in [0.5, 0.6) is 0 Å². The van der Waals surface area contributed by atoms with Gasteiger partial charge in [0.05, 0.1) is 7.11 Å². The molecule has 1 aliphatic carbocycles. The Kier molecular flexibility index (Phi) is 15.6.